The molecule has 0 aromatic heterocycles. The summed E-state index contributed by atoms with van der Waals surface area (Å²) < 4.78 is 0. The maximum Gasteiger partial charge on any atom is 0.326 e. The van der Waals surface area contributed by atoms with E-state index in [1.165, 1.54) is 0 Å². The Bertz CT molecular complexity index is 283. The van der Waals surface area contributed by atoms with Gasteiger partial charge in [-0.3, -0.25) is 0 Å². The topological polar surface area (TPSA) is 78.4 Å². The molecule has 0 aliphatic carbocycles. The molecular weight excluding hydrogens is 272 g/mol. The summed E-state index contributed by atoms with van der Waals surface area (Å²) in [6.07, 6.45) is 4.44. The van der Waals surface area contributed by atoms with Crippen molar-refractivity contribution in [3.05, 3.63) is 0 Å². The van der Waals surface area contributed by atoms with Crippen LogP contribution in [0.5, 0.6) is 0 Å². The predicted molar refractivity (Wildman–Crippen MR) is 76.4 cm³/mol. The number of nitrogens with one attached hydrogen (secondary N) is 2. The van der Waals surface area contributed by atoms with Crippen molar-refractivity contribution in [1.29, 1.82) is 0 Å². The Balaban J connectivity index is 2.32. The van der Waals surface area contributed by atoms with Crippen molar-refractivity contribution in [2.24, 2.45) is 0 Å². The highest BCUT2D eigenvalue weighted by molar-refractivity contribution is 7.99. The van der Waals surface area contributed by atoms with Gasteiger partial charge in [-0.25, -0.2) is 9.59 Å². The number of aliphatic carboxylic acids is 1. The fourth-order valence-corrected chi connectivity index (χ4v) is 3.28. The molecule has 2 atom stereocenters. The van der Waals surface area contributed by atoms with E-state index in [9.17, 15) is 9.59 Å². The predicted octanol–water partition coefficient (Wildman–Crippen LogP) is 1.39. The molecule has 2 amide bonds. The molecule has 1 aliphatic heterocycles. The van der Waals surface area contributed by atoms with Crippen LogP contribution < -0.4 is 10.6 Å². The summed E-state index contributed by atoms with van der Waals surface area (Å²) >= 11 is 3.39. The molecule has 0 bridgehead atoms. The minimum absolute atomic E-state index is 0.166. The maximum atomic E-state index is 11.7. The van der Waals surface area contributed by atoms with Gasteiger partial charge in [0.15, 0.2) is 0 Å². The standard InChI is InChI=1S/C11H20N2O3S2/c1-17-6-4-9(10(14)15)13-11(16)12-8-3-2-5-18-7-8/h8-9H,2-7H2,1H3,(H,14,15)(H2,12,13,16)/t8?,9-/m1/s1. The number of rotatable bonds is 6. The summed E-state index contributed by atoms with van der Waals surface area (Å²) in [5.41, 5.74) is 0. The lowest BCUT2D eigenvalue weighted by Crippen LogP contribution is -2.50. The Labute approximate surface area is 116 Å². The number of carbonyl (C=O) groups excluding carboxylic acids is 1. The van der Waals surface area contributed by atoms with Crippen molar-refractivity contribution in [2.45, 2.75) is 31.3 Å². The molecule has 0 aromatic carbocycles. The van der Waals surface area contributed by atoms with Gasteiger partial charge in [-0.15, -0.1) is 0 Å². The van der Waals surface area contributed by atoms with E-state index in [2.05, 4.69) is 10.6 Å². The average Bonchev–Trinajstić information content (AvgIpc) is 2.35. The number of carboxylic acids is 1. The first kappa shape index (κ1) is 15.5. The van der Waals surface area contributed by atoms with Gasteiger partial charge in [0.05, 0.1) is 0 Å². The number of amides is 2. The number of urea groups is 1. The molecule has 1 fully saturated rings. The van der Waals surface area contributed by atoms with E-state index < -0.39 is 12.0 Å². The van der Waals surface area contributed by atoms with Crippen LogP contribution in [0.25, 0.3) is 0 Å². The normalized spacial score (nSPS) is 21.1. The van der Waals surface area contributed by atoms with Crippen molar-refractivity contribution >= 4 is 35.5 Å². The van der Waals surface area contributed by atoms with E-state index in [0.717, 1.165) is 30.1 Å². The van der Waals surface area contributed by atoms with Gasteiger partial charge in [0.2, 0.25) is 0 Å². The Kier molecular flexibility index (Phi) is 7.34. The molecule has 3 N–H and O–H groups in total. The second-order valence-electron chi connectivity index (χ2n) is 4.20. The van der Waals surface area contributed by atoms with Crippen molar-refractivity contribution in [3.63, 3.8) is 0 Å². The Hall–Kier alpha value is -0.560. The zero-order chi connectivity index (χ0) is 13.4. The lowest BCUT2D eigenvalue weighted by atomic mass is 10.2. The number of carboxylic acid groups (broad SMARTS) is 1. The van der Waals surface area contributed by atoms with Gasteiger partial charge < -0.3 is 15.7 Å². The highest BCUT2D eigenvalue weighted by atomic mass is 32.2. The molecule has 0 saturated carbocycles. The zero-order valence-electron chi connectivity index (χ0n) is 10.5. The van der Waals surface area contributed by atoms with Crippen LogP contribution in [0.4, 0.5) is 4.79 Å². The summed E-state index contributed by atoms with van der Waals surface area (Å²) in [5, 5.41) is 14.4. The van der Waals surface area contributed by atoms with E-state index in [0.29, 0.717) is 6.42 Å². The highest BCUT2D eigenvalue weighted by Gasteiger charge is 2.21. The summed E-state index contributed by atoms with van der Waals surface area (Å²) in [5.74, 6) is 1.80. The highest BCUT2D eigenvalue weighted by Crippen LogP contribution is 2.16. The maximum absolute atomic E-state index is 11.7. The first-order valence-corrected chi connectivity index (χ1v) is 8.55. The Morgan fingerprint density at radius 2 is 2.33 bits per heavy atom. The van der Waals surface area contributed by atoms with E-state index in [-0.39, 0.29) is 12.1 Å². The van der Waals surface area contributed by atoms with Gasteiger partial charge in [-0.05, 0) is 37.0 Å². The van der Waals surface area contributed by atoms with Gasteiger partial charge in [0.25, 0.3) is 0 Å². The van der Waals surface area contributed by atoms with E-state index in [1.807, 2.05) is 18.0 Å². The van der Waals surface area contributed by atoms with E-state index in [4.69, 9.17) is 5.11 Å². The van der Waals surface area contributed by atoms with Gasteiger partial charge in [-0.2, -0.15) is 23.5 Å². The quantitative estimate of drug-likeness (QED) is 0.689. The van der Waals surface area contributed by atoms with Gasteiger partial charge in [-0.1, -0.05) is 0 Å². The van der Waals surface area contributed by atoms with Crippen LogP contribution >= 0.6 is 23.5 Å². The number of hydrogen-bond donors (Lipinski definition) is 3. The average molecular weight is 292 g/mol. The lowest BCUT2D eigenvalue weighted by molar-refractivity contribution is -0.139. The SMILES string of the molecule is CSCC[C@@H](NC(=O)NC1CCCSC1)C(=O)O. The molecule has 0 radical (unpaired) electrons. The molecule has 1 unspecified atom stereocenters. The third-order valence-electron chi connectivity index (χ3n) is 2.71. The van der Waals surface area contributed by atoms with Gasteiger partial charge in [0, 0.05) is 11.8 Å². The molecule has 104 valence electrons. The largest absolute Gasteiger partial charge is 0.480 e. The molecule has 1 heterocycles. The van der Waals surface area contributed by atoms with Crippen LogP contribution in [0.2, 0.25) is 0 Å². The molecule has 0 aromatic rings. The van der Waals surface area contributed by atoms with Gasteiger partial charge >= 0.3 is 12.0 Å². The monoisotopic (exact) mass is 292 g/mol. The summed E-state index contributed by atoms with van der Waals surface area (Å²) in [6.45, 7) is 0. The first-order chi connectivity index (χ1) is 8.63. The van der Waals surface area contributed by atoms with E-state index >= 15 is 0 Å². The van der Waals surface area contributed by atoms with Crippen LogP contribution in [0.15, 0.2) is 0 Å². The van der Waals surface area contributed by atoms with Crippen LogP contribution in [-0.2, 0) is 4.79 Å². The molecule has 18 heavy (non-hydrogen) atoms. The second kappa shape index (κ2) is 8.53. The fourth-order valence-electron chi connectivity index (χ4n) is 1.73. The summed E-state index contributed by atoms with van der Waals surface area (Å²) in [7, 11) is 0. The molecule has 5 nitrogen and oxygen atoms in total. The minimum Gasteiger partial charge on any atom is -0.480 e. The zero-order valence-corrected chi connectivity index (χ0v) is 12.1. The van der Waals surface area contributed by atoms with Crippen molar-refractivity contribution in [3.8, 4) is 0 Å². The third kappa shape index (κ3) is 5.86. The molecule has 1 aliphatic rings. The summed E-state index contributed by atoms with van der Waals surface area (Å²) in [6, 6.07) is -0.997. The number of thioether (sulfide) groups is 2. The van der Waals surface area contributed by atoms with Crippen molar-refractivity contribution in [2.75, 3.05) is 23.5 Å². The van der Waals surface area contributed by atoms with Crippen LogP contribution in [0.1, 0.15) is 19.3 Å². The van der Waals surface area contributed by atoms with Crippen molar-refractivity contribution < 1.29 is 14.7 Å². The minimum atomic E-state index is -0.975. The Morgan fingerprint density at radius 3 is 2.89 bits per heavy atom. The fraction of sp³-hybridized carbons (Fsp3) is 0.818. The van der Waals surface area contributed by atoms with Crippen LogP contribution in [0, 0.1) is 0 Å². The Morgan fingerprint density at radius 1 is 1.56 bits per heavy atom. The lowest BCUT2D eigenvalue weighted by Gasteiger charge is -2.23. The van der Waals surface area contributed by atoms with Gasteiger partial charge in [0.1, 0.15) is 6.04 Å². The smallest absolute Gasteiger partial charge is 0.326 e. The molecule has 1 saturated heterocycles. The van der Waals surface area contributed by atoms with Crippen LogP contribution in [0.3, 0.4) is 0 Å². The first-order valence-electron chi connectivity index (χ1n) is 6.00. The number of hydrogen-bond acceptors (Lipinski definition) is 4. The second-order valence-corrected chi connectivity index (χ2v) is 6.34. The number of carbonyl (C=O) groups is 2. The molecule has 7 heteroatoms. The third-order valence-corrected chi connectivity index (χ3v) is 4.57. The van der Waals surface area contributed by atoms with Crippen LogP contribution in [-0.4, -0.2) is 52.7 Å². The molecule has 1 rings (SSSR count). The molecule has 0 spiro atoms. The summed E-state index contributed by atoms with van der Waals surface area (Å²) in [4.78, 5) is 22.7. The van der Waals surface area contributed by atoms with E-state index in [1.54, 1.807) is 11.8 Å². The molecular formula is C11H20N2O3S2. The van der Waals surface area contributed by atoms with Crippen molar-refractivity contribution in [1.82, 2.24) is 10.6 Å².